The Kier molecular flexibility index (Phi) is 9.33. The second kappa shape index (κ2) is 10.8. The number of thiophene rings is 1. The fraction of sp³-hybridized carbons (Fsp3) is 0.250. The molecular formula is C28H29Cl2SSiZr. The van der Waals surface area contributed by atoms with E-state index in [1.54, 1.807) is 21.2 Å². The third kappa shape index (κ3) is 4.69. The molecule has 33 heavy (non-hydrogen) atoms. The van der Waals surface area contributed by atoms with Crippen LogP contribution in [0, 0.1) is 6.92 Å². The number of aryl methyl sites for hydroxylation is 2. The van der Waals surface area contributed by atoms with Crippen molar-refractivity contribution in [3.05, 3.63) is 93.2 Å². The van der Waals surface area contributed by atoms with Crippen molar-refractivity contribution in [2.45, 2.75) is 45.8 Å². The first-order valence-corrected chi connectivity index (χ1v) is 14.9. The molecule has 1 atom stereocenters. The van der Waals surface area contributed by atoms with Gasteiger partial charge in [-0.2, -0.15) is 6.07 Å². The zero-order valence-corrected chi connectivity index (χ0v) is 25.6. The molecule has 0 nitrogen and oxygen atoms in total. The SMILES string of the molecule is CC1=C2c3sccc3C1[Si]2(C)C.CCc1ccc(-c2cccc3[cH-]c(C)cc23)cc1.[Cl-].[Cl-].[Zr+3]. The molecule has 0 N–H and O–H groups in total. The van der Waals surface area contributed by atoms with Gasteiger partial charge in [0.2, 0.25) is 0 Å². The predicted molar refractivity (Wildman–Crippen MR) is 136 cm³/mol. The summed E-state index contributed by atoms with van der Waals surface area (Å²) in [5, 5.41) is 6.72. The molecule has 1 aliphatic carbocycles. The second-order valence-electron chi connectivity index (χ2n) is 9.31. The van der Waals surface area contributed by atoms with Crippen molar-refractivity contribution in [3.63, 3.8) is 0 Å². The second-order valence-corrected chi connectivity index (χ2v) is 14.7. The smallest absolute Gasteiger partial charge is 1.00 e. The van der Waals surface area contributed by atoms with Crippen LogP contribution < -0.4 is 24.8 Å². The van der Waals surface area contributed by atoms with Crippen LogP contribution in [0.3, 0.4) is 0 Å². The van der Waals surface area contributed by atoms with Crippen LogP contribution in [0.5, 0.6) is 0 Å². The minimum Gasteiger partial charge on any atom is -1.00 e. The summed E-state index contributed by atoms with van der Waals surface area (Å²) in [6.07, 6.45) is 1.10. The van der Waals surface area contributed by atoms with E-state index in [1.165, 1.54) is 33.0 Å². The average Bonchev–Trinajstić information content (AvgIpc) is 3.44. The Morgan fingerprint density at radius 1 is 0.970 bits per heavy atom. The number of fused-ring (bicyclic) bond motifs is 1. The molecule has 0 amide bonds. The monoisotopic (exact) mass is 585 g/mol. The summed E-state index contributed by atoms with van der Waals surface area (Å²) < 4.78 is 0. The number of hydrogen-bond acceptors (Lipinski definition) is 1. The molecular weight excluding hydrogens is 559 g/mol. The Morgan fingerprint density at radius 2 is 1.67 bits per heavy atom. The number of benzene rings is 2. The quantitative estimate of drug-likeness (QED) is 0.250. The third-order valence-electron chi connectivity index (χ3n) is 7.00. The fourth-order valence-electron chi connectivity index (χ4n) is 5.66. The largest absolute Gasteiger partial charge is 3.00 e. The van der Waals surface area contributed by atoms with E-state index in [1.807, 2.05) is 11.3 Å². The molecule has 0 saturated carbocycles. The first kappa shape index (κ1) is 28.4. The third-order valence-corrected chi connectivity index (χ3v) is 12.2. The standard InChI is InChI=1S/C18H17.C10H12SSi.2ClH.Zr/c1-3-14-7-9-15(10-8-14)17-6-4-5-16-11-13(2)12-18(16)17;1-6-9-7-4-5-11-8(7)10(6)12(9,2)3;;;/h4-12H,3H2,1-2H3;4-5,9H,1-3H3;2*1H;/q-1;;;;+3/p-2. The van der Waals surface area contributed by atoms with Crippen LogP contribution in [0.1, 0.15) is 41.0 Å². The minimum absolute atomic E-state index is 0. The van der Waals surface area contributed by atoms with Gasteiger partial charge in [0.1, 0.15) is 0 Å². The van der Waals surface area contributed by atoms with Gasteiger partial charge in [-0.3, -0.25) is 0 Å². The van der Waals surface area contributed by atoms with Crippen molar-refractivity contribution >= 4 is 35.4 Å². The molecule has 0 spiro atoms. The zero-order valence-electron chi connectivity index (χ0n) is 19.8. The van der Waals surface area contributed by atoms with Crippen molar-refractivity contribution in [2.24, 2.45) is 0 Å². The van der Waals surface area contributed by atoms with Crippen molar-refractivity contribution < 1.29 is 51.0 Å². The van der Waals surface area contributed by atoms with Crippen molar-refractivity contribution in [1.82, 2.24) is 0 Å². The molecule has 1 unspecified atom stereocenters. The van der Waals surface area contributed by atoms with Gasteiger partial charge in [-0.05, 0) is 46.7 Å². The molecule has 2 aliphatic heterocycles. The van der Waals surface area contributed by atoms with E-state index in [4.69, 9.17) is 0 Å². The Balaban J connectivity index is 0.000000227. The molecule has 4 aromatic rings. The van der Waals surface area contributed by atoms with Crippen molar-refractivity contribution in [2.75, 3.05) is 0 Å². The van der Waals surface area contributed by atoms with Crippen LogP contribution in [0.25, 0.3) is 27.1 Å². The summed E-state index contributed by atoms with van der Waals surface area (Å²) in [4.78, 5) is 1.63. The molecule has 1 aromatic heterocycles. The summed E-state index contributed by atoms with van der Waals surface area (Å²) in [5.41, 5.74) is 9.60. The summed E-state index contributed by atoms with van der Waals surface area (Å²) in [7, 11) is -0.972. The minimum atomic E-state index is -0.972. The van der Waals surface area contributed by atoms with Crippen LogP contribution in [-0.2, 0) is 32.6 Å². The van der Waals surface area contributed by atoms with Gasteiger partial charge in [-0.1, -0.05) is 68.4 Å². The maximum atomic E-state index is 2.51. The van der Waals surface area contributed by atoms with E-state index in [0.717, 1.165) is 12.0 Å². The van der Waals surface area contributed by atoms with Crippen molar-refractivity contribution in [3.8, 4) is 11.1 Å². The van der Waals surface area contributed by atoms with E-state index in [-0.39, 0.29) is 51.0 Å². The first-order chi connectivity index (χ1) is 14.4. The normalized spacial score (nSPS) is 16.5. The molecule has 0 saturated heterocycles. The predicted octanol–water partition coefficient (Wildman–Crippen LogP) is 2.52. The van der Waals surface area contributed by atoms with Gasteiger partial charge in [-0.25, -0.2) is 0 Å². The van der Waals surface area contributed by atoms with Gasteiger partial charge < -0.3 is 24.8 Å². The van der Waals surface area contributed by atoms with Crippen LogP contribution in [0.2, 0.25) is 13.1 Å². The zero-order chi connectivity index (χ0) is 21.0. The molecule has 169 valence electrons. The number of allylic oxidation sites excluding steroid dienone is 1. The maximum absolute atomic E-state index is 2.51. The van der Waals surface area contributed by atoms with E-state index < -0.39 is 8.07 Å². The molecule has 1 radical (unpaired) electrons. The van der Waals surface area contributed by atoms with Gasteiger partial charge in [0, 0.05) is 10.4 Å². The number of hydrogen-bond donors (Lipinski definition) is 0. The Labute approximate surface area is 234 Å². The summed E-state index contributed by atoms with van der Waals surface area (Å²) in [5.74, 6) is 0. The Morgan fingerprint density at radius 3 is 2.27 bits per heavy atom. The van der Waals surface area contributed by atoms with E-state index >= 15 is 0 Å². The topological polar surface area (TPSA) is 0 Å². The molecule has 5 heteroatoms. The molecule has 3 aromatic carbocycles. The van der Waals surface area contributed by atoms with Crippen LogP contribution in [0.15, 0.2) is 71.6 Å². The van der Waals surface area contributed by atoms with Crippen LogP contribution in [0.4, 0.5) is 0 Å². The van der Waals surface area contributed by atoms with Gasteiger partial charge in [-0.15, -0.1) is 45.9 Å². The average molecular weight is 588 g/mol. The van der Waals surface area contributed by atoms with Crippen LogP contribution in [-0.4, -0.2) is 8.07 Å². The molecule has 2 bridgehead atoms. The molecule has 3 heterocycles. The summed E-state index contributed by atoms with van der Waals surface area (Å²) >= 11 is 1.94. The molecule has 7 rings (SSSR count). The summed E-state index contributed by atoms with van der Waals surface area (Å²) in [6.45, 7) is 11.7. The Bertz CT molecular complexity index is 1280. The molecule has 3 aliphatic rings. The van der Waals surface area contributed by atoms with E-state index in [0.29, 0.717) is 0 Å². The van der Waals surface area contributed by atoms with Crippen LogP contribution >= 0.6 is 11.3 Å². The van der Waals surface area contributed by atoms with Gasteiger partial charge in [0.15, 0.2) is 0 Å². The fourth-order valence-corrected chi connectivity index (χ4v) is 11.9. The van der Waals surface area contributed by atoms with Gasteiger partial charge >= 0.3 is 26.2 Å². The van der Waals surface area contributed by atoms with E-state index in [9.17, 15) is 0 Å². The molecule has 0 fully saturated rings. The van der Waals surface area contributed by atoms with Gasteiger partial charge in [0.25, 0.3) is 0 Å². The van der Waals surface area contributed by atoms with Crippen molar-refractivity contribution in [1.29, 1.82) is 0 Å². The number of halogens is 2. The summed E-state index contributed by atoms with van der Waals surface area (Å²) in [6, 6.07) is 22.3. The first-order valence-electron chi connectivity index (χ1n) is 11.0. The Hall–Kier alpha value is -0.830. The van der Waals surface area contributed by atoms with E-state index in [2.05, 4.69) is 99.9 Å². The maximum Gasteiger partial charge on any atom is 3.00 e. The number of rotatable bonds is 2. The van der Waals surface area contributed by atoms with Gasteiger partial charge in [0.05, 0.1) is 8.07 Å².